The first-order valence-electron chi connectivity index (χ1n) is 10.4. The highest BCUT2D eigenvalue weighted by Crippen LogP contribution is 2.41. The Morgan fingerprint density at radius 3 is 2.83 bits per heavy atom. The number of benzene rings is 2. The van der Waals surface area contributed by atoms with E-state index in [1.54, 1.807) is 4.90 Å². The largest absolute Gasteiger partial charge is 0.488 e. The molecule has 30 heavy (non-hydrogen) atoms. The fourth-order valence-electron chi connectivity index (χ4n) is 4.28. The average molecular weight is 408 g/mol. The second-order valence-corrected chi connectivity index (χ2v) is 7.78. The number of nitrogens with zero attached hydrogens (tertiary/aromatic N) is 2. The molecule has 2 amide bonds. The van der Waals surface area contributed by atoms with Gasteiger partial charge in [-0.25, -0.2) is 4.79 Å². The van der Waals surface area contributed by atoms with Crippen LogP contribution in [0.2, 0.25) is 0 Å². The monoisotopic (exact) mass is 408 g/mol. The SMILES string of the molecule is CCC(=O)N1CC[C@H](Oc2ccc3c(c2)OCc2ccc(N4CCOC4=O)cc2-3)C1. The summed E-state index contributed by atoms with van der Waals surface area (Å²) in [6, 6.07) is 11.8. The Morgan fingerprint density at radius 1 is 1.13 bits per heavy atom. The summed E-state index contributed by atoms with van der Waals surface area (Å²) in [6.45, 7) is 4.70. The Bertz CT molecular complexity index is 1010. The summed E-state index contributed by atoms with van der Waals surface area (Å²) < 4.78 is 17.2. The smallest absolute Gasteiger partial charge is 0.414 e. The van der Waals surface area contributed by atoms with Crippen LogP contribution in [0.4, 0.5) is 10.5 Å². The molecule has 2 aromatic rings. The van der Waals surface area contributed by atoms with Crippen molar-refractivity contribution in [1.82, 2.24) is 4.90 Å². The first-order valence-corrected chi connectivity index (χ1v) is 10.4. The number of hydrogen-bond donors (Lipinski definition) is 0. The number of fused-ring (bicyclic) bond motifs is 3. The van der Waals surface area contributed by atoms with Gasteiger partial charge >= 0.3 is 6.09 Å². The van der Waals surface area contributed by atoms with E-state index in [0.717, 1.165) is 46.8 Å². The minimum Gasteiger partial charge on any atom is -0.488 e. The second kappa shape index (κ2) is 7.55. The quantitative estimate of drug-likeness (QED) is 0.773. The van der Waals surface area contributed by atoms with Gasteiger partial charge in [0.1, 0.15) is 30.8 Å². The number of ether oxygens (including phenoxy) is 3. The van der Waals surface area contributed by atoms with Gasteiger partial charge < -0.3 is 19.1 Å². The second-order valence-electron chi connectivity index (χ2n) is 7.78. The van der Waals surface area contributed by atoms with Crippen molar-refractivity contribution >= 4 is 17.7 Å². The van der Waals surface area contributed by atoms with Crippen LogP contribution in [0, 0.1) is 0 Å². The highest BCUT2D eigenvalue weighted by molar-refractivity contribution is 5.91. The third-order valence-electron chi connectivity index (χ3n) is 5.90. The van der Waals surface area contributed by atoms with Crippen LogP contribution in [-0.4, -0.2) is 49.2 Å². The average Bonchev–Trinajstić information content (AvgIpc) is 3.41. The molecular weight excluding hydrogens is 384 g/mol. The van der Waals surface area contributed by atoms with Crippen molar-refractivity contribution in [1.29, 1.82) is 0 Å². The summed E-state index contributed by atoms with van der Waals surface area (Å²) in [6.07, 6.45) is 1.05. The van der Waals surface area contributed by atoms with Gasteiger partial charge in [0.2, 0.25) is 5.91 Å². The number of carbonyl (C=O) groups is 2. The van der Waals surface area contributed by atoms with E-state index in [2.05, 4.69) is 0 Å². The molecule has 7 heteroatoms. The molecule has 2 aromatic carbocycles. The lowest BCUT2D eigenvalue weighted by Gasteiger charge is -2.24. The minimum absolute atomic E-state index is 0.00204. The number of hydrogen-bond acceptors (Lipinski definition) is 5. The number of amides is 2. The summed E-state index contributed by atoms with van der Waals surface area (Å²) in [5.74, 6) is 1.68. The van der Waals surface area contributed by atoms with Gasteiger partial charge in [0.25, 0.3) is 0 Å². The van der Waals surface area contributed by atoms with E-state index in [9.17, 15) is 9.59 Å². The summed E-state index contributed by atoms with van der Waals surface area (Å²) in [5.41, 5.74) is 3.95. The number of carbonyl (C=O) groups excluding carboxylic acids is 2. The van der Waals surface area contributed by atoms with Crippen molar-refractivity contribution in [2.45, 2.75) is 32.5 Å². The fraction of sp³-hybridized carbons (Fsp3) is 0.391. The van der Waals surface area contributed by atoms with Gasteiger partial charge in [-0.1, -0.05) is 13.0 Å². The molecule has 2 saturated heterocycles. The molecule has 0 bridgehead atoms. The molecule has 1 atom stereocenters. The molecule has 0 unspecified atom stereocenters. The van der Waals surface area contributed by atoms with E-state index < -0.39 is 0 Å². The number of likely N-dealkylation sites (tertiary alicyclic amines) is 1. The maximum absolute atomic E-state index is 11.9. The molecule has 0 radical (unpaired) electrons. The zero-order valence-corrected chi connectivity index (χ0v) is 16.9. The summed E-state index contributed by atoms with van der Waals surface area (Å²) >= 11 is 0. The molecule has 3 aliphatic heterocycles. The van der Waals surface area contributed by atoms with Gasteiger partial charge in [-0.05, 0) is 35.4 Å². The molecule has 0 spiro atoms. The van der Waals surface area contributed by atoms with Crippen LogP contribution in [0.15, 0.2) is 36.4 Å². The Labute approximate surface area is 175 Å². The summed E-state index contributed by atoms with van der Waals surface area (Å²) in [5, 5.41) is 0. The molecule has 0 aliphatic carbocycles. The van der Waals surface area contributed by atoms with E-state index >= 15 is 0 Å². The van der Waals surface area contributed by atoms with Gasteiger partial charge in [-0.3, -0.25) is 9.69 Å². The van der Waals surface area contributed by atoms with E-state index in [0.29, 0.717) is 32.7 Å². The first kappa shape index (κ1) is 18.8. The molecule has 156 valence electrons. The number of rotatable bonds is 4. The van der Waals surface area contributed by atoms with Gasteiger partial charge in [0.05, 0.1) is 13.1 Å². The molecule has 5 rings (SSSR count). The van der Waals surface area contributed by atoms with E-state index in [-0.39, 0.29) is 18.1 Å². The van der Waals surface area contributed by atoms with E-state index in [1.165, 1.54) is 0 Å². The van der Waals surface area contributed by atoms with Crippen molar-refractivity contribution in [3.63, 3.8) is 0 Å². The van der Waals surface area contributed by atoms with Crippen LogP contribution in [0.1, 0.15) is 25.3 Å². The topological polar surface area (TPSA) is 68.3 Å². The van der Waals surface area contributed by atoms with Crippen LogP contribution in [0.5, 0.6) is 11.5 Å². The number of anilines is 1. The molecule has 0 aromatic heterocycles. The summed E-state index contributed by atoms with van der Waals surface area (Å²) in [4.78, 5) is 27.3. The Kier molecular flexibility index (Phi) is 4.73. The molecule has 0 N–H and O–H groups in total. The first-order chi connectivity index (χ1) is 14.6. The zero-order chi connectivity index (χ0) is 20.7. The van der Waals surface area contributed by atoms with Gasteiger partial charge in [0.15, 0.2) is 0 Å². The molecular formula is C23H24N2O5. The van der Waals surface area contributed by atoms with Crippen molar-refractivity contribution in [3.05, 3.63) is 42.0 Å². The lowest BCUT2D eigenvalue weighted by molar-refractivity contribution is -0.130. The van der Waals surface area contributed by atoms with Crippen LogP contribution in [-0.2, 0) is 16.1 Å². The van der Waals surface area contributed by atoms with Crippen molar-refractivity contribution in [2.75, 3.05) is 31.1 Å². The van der Waals surface area contributed by atoms with Crippen LogP contribution >= 0.6 is 0 Å². The zero-order valence-electron chi connectivity index (χ0n) is 16.9. The van der Waals surface area contributed by atoms with Gasteiger partial charge in [-0.2, -0.15) is 0 Å². The van der Waals surface area contributed by atoms with Crippen LogP contribution in [0.25, 0.3) is 11.1 Å². The van der Waals surface area contributed by atoms with Crippen LogP contribution < -0.4 is 14.4 Å². The lowest BCUT2D eigenvalue weighted by Crippen LogP contribution is -2.30. The maximum Gasteiger partial charge on any atom is 0.414 e. The van der Waals surface area contributed by atoms with Crippen molar-refractivity contribution in [2.24, 2.45) is 0 Å². The van der Waals surface area contributed by atoms with Gasteiger partial charge in [-0.15, -0.1) is 0 Å². The van der Waals surface area contributed by atoms with Crippen LogP contribution in [0.3, 0.4) is 0 Å². The molecule has 3 heterocycles. The lowest BCUT2D eigenvalue weighted by atomic mass is 9.96. The Balaban J connectivity index is 1.36. The highest BCUT2D eigenvalue weighted by atomic mass is 16.6. The van der Waals surface area contributed by atoms with E-state index in [4.69, 9.17) is 14.2 Å². The molecule has 2 fully saturated rings. The van der Waals surface area contributed by atoms with Crippen molar-refractivity contribution in [3.8, 4) is 22.6 Å². The predicted octanol–water partition coefficient (Wildman–Crippen LogP) is 3.59. The maximum atomic E-state index is 11.9. The Hall–Kier alpha value is -3.22. The Morgan fingerprint density at radius 2 is 2.03 bits per heavy atom. The third-order valence-corrected chi connectivity index (χ3v) is 5.90. The predicted molar refractivity (Wildman–Crippen MR) is 111 cm³/mol. The summed E-state index contributed by atoms with van der Waals surface area (Å²) in [7, 11) is 0. The molecule has 0 saturated carbocycles. The minimum atomic E-state index is -0.307. The molecule has 7 nitrogen and oxygen atoms in total. The standard InChI is InChI=1S/C23H24N2O5/c1-2-22(26)24-8-7-18(13-24)30-17-5-6-19-20-11-16(25-9-10-28-23(25)27)4-3-15(20)14-29-21(19)12-17/h3-6,11-12,18H,2,7-10,13-14H2,1H3/t18-/m0/s1. The number of cyclic esters (lactones) is 1. The van der Waals surface area contributed by atoms with E-state index in [1.807, 2.05) is 48.2 Å². The fourth-order valence-corrected chi connectivity index (χ4v) is 4.28. The third kappa shape index (κ3) is 3.34. The normalized spacial score (nSPS) is 19.8. The van der Waals surface area contributed by atoms with Crippen molar-refractivity contribution < 1.29 is 23.8 Å². The molecule has 3 aliphatic rings. The highest BCUT2D eigenvalue weighted by Gasteiger charge is 2.28. The van der Waals surface area contributed by atoms with Gasteiger partial charge in [0, 0.05) is 36.7 Å².